The summed E-state index contributed by atoms with van der Waals surface area (Å²) in [6.45, 7) is 0.717. The predicted octanol–water partition coefficient (Wildman–Crippen LogP) is 4.65. The van der Waals surface area contributed by atoms with Crippen LogP contribution >= 0.6 is 0 Å². The number of quaternary nitrogens is 1. The first-order valence-electron chi connectivity index (χ1n) is 8.33. The van der Waals surface area contributed by atoms with E-state index >= 15 is 0 Å². The van der Waals surface area contributed by atoms with Crippen LogP contribution in [0.3, 0.4) is 0 Å². The molecule has 3 nitrogen and oxygen atoms in total. The van der Waals surface area contributed by atoms with E-state index in [0.717, 1.165) is 11.3 Å². The number of benzene rings is 3. The highest BCUT2D eigenvalue weighted by molar-refractivity contribution is 5.56. The summed E-state index contributed by atoms with van der Waals surface area (Å²) in [6.07, 6.45) is 0. The minimum absolute atomic E-state index is 0.326. The maximum Gasteiger partial charge on any atom is 0.163 e. The Kier molecular flexibility index (Phi) is 3.79. The number of rotatable bonds is 4. The Balaban J connectivity index is 1.66. The first-order chi connectivity index (χ1) is 12.1. The Bertz CT molecular complexity index is 844. The van der Waals surface area contributed by atoms with E-state index in [1.54, 1.807) is 12.1 Å². The SMILES string of the molecule is [O-][N+]1(c2ccc(F)cc2)CC(Nc2ccccc2)(c2ccccc2)C1. The Morgan fingerprint density at radius 3 is 1.96 bits per heavy atom. The molecule has 3 aromatic rings. The normalized spacial score (nSPS) is 25.2. The van der Waals surface area contributed by atoms with Crippen molar-refractivity contribution in [1.82, 2.24) is 4.65 Å². The van der Waals surface area contributed by atoms with Gasteiger partial charge in [0.2, 0.25) is 0 Å². The highest BCUT2D eigenvalue weighted by Gasteiger charge is 2.54. The molecule has 0 radical (unpaired) electrons. The molecule has 25 heavy (non-hydrogen) atoms. The van der Waals surface area contributed by atoms with Crippen LogP contribution in [0.5, 0.6) is 0 Å². The van der Waals surface area contributed by atoms with Gasteiger partial charge in [0.1, 0.15) is 24.6 Å². The fourth-order valence-corrected chi connectivity index (χ4v) is 3.61. The van der Waals surface area contributed by atoms with Crippen molar-refractivity contribution >= 4 is 11.4 Å². The minimum atomic E-state index is -0.463. The van der Waals surface area contributed by atoms with Crippen LogP contribution in [0.4, 0.5) is 15.8 Å². The van der Waals surface area contributed by atoms with Gasteiger partial charge in [0, 0.05) is 17.8 Å². The van der Waals surface area contributed by atoms with Gasteiger partial charge in [-0.2, -0.15) is 0 Å². The standard InChI is InChI=1S/C21H19FN2O/c22-18-11-13-20(14-12-18)24(25)15-21(16-24,17-7-3-1-4-8-17)23-19-9-5-2-6-10-19/h1-14,23H,15-16H2. The maximum atomic E-state index is 13.2. The third kappa shape index (κ3) is 2.90. The van der Waals surface area contributed by atoms with Gasteiger partial charge >= 0.3 is 0 Å². The fourth-order valence-electron chi connectivity index (χ4n) is 3.61. The lowest BCUT2D eigenvalue weighted by atomic mass is 9.80. The lowest BCUT2D eigenvalue weighted by molar-refractivity contribution is 0.144. The molecular weight excluding hydrogens is 315 g/mol. The van der Waals surface area contributed by atoms with Gasteiger partial charge in [-0.15, -0.1) is 0 Å². The molecule has 1 aliphatic heterocycles. The molecule has 0 aliphatic carbocycles. The Morgan fingerprint density at radius 2 is 1.36 bits per heavy atom. The number of halogens is 1. The predicted molar refractivity (Wildman–Crippen MR) is 99.5 cm³/mol. The van der Waals surface area contributed by atoms with Crippen molar-refractivity contribution in [1.29, 1.82) is 0 Å². The molecule has 3 aromatic carbocycles. The highest BCUT2D eigenvalue weighted by atomic mass is 19.1. The van der Waals surface area contributed by atoms with Gasteiger partial charge in [0.05, 0.1) is 0 Å². The molecule has 126 valence electrons. The number of para-hydroxylation sites is 1. The second kappa shape index (κ2) is 5.99. The largest absolute Gasteiger partial charge is 0.627 e. The quantitative estimate of drug-likeness (QED) is 0.557. The van der Waals surface area contributed by atoms with Gasteiger partial charge in [-0.1, -0.05) is 48.5 Å². The van der Waals surface area contributed by atoms with Crippen LogP contribution in [0.1, 0.15) is 5.56 Å². The highest BCUT2D eigenvalue weighted by Crippen LogP contribution is 2.43. The Morgan fingerprint density at radius 1 is 0.800 bits per heavy atom. The van der Waals surface area contributed by atoms with E-state index in [1.165, 1.54) is 12.1 Å². The smallest absolute Gasteiger partial charge is 0.163 e. The number of hydrogen-bond acceptors (Lipinski definition) is 2. The lowest BCUT2D eigenvalue weighted by Crippen LogP contribution is -2.73. The number of hydrogen-bond donors (Lipinski definition) is 1. The van der Waals surface area contributed by atoms with E-state index in [4.69, 9.17) is 0 Å². The number of anilines is 1. The molecule has 1 aliphatic rings. The van der Waals surface area contributed by atoms with Crippen LogP contribution < -0.4 is 9.96 Å². The van der Waals surface area contributed by atoms with Crippen LogP contribution in [0.25, 0.3) is 0 Å². The van der Waals surface area contributed by atoms with E-state index in [-0.39, 0.29) is 5.82 Å². The topological polar surface area (TPSA) is 35.1 Å². The molecule has 0 saturated carbocycles. The van der Waals surface area contributed by atoms with Crippen molar-refractivity contribution < 1.29 is 4.39 Å². The maximum absolute atomic E-state index is 13.2. The summed E-state index contributed by atoms with van der Waals surface area (Å²) in [7, 11) is 0. The zero-order valence-corrected chi connectivity index (χ0v) is 13.7. The summed E-state index contributed by atoms with van der Waals surface area (Å²) in [6, 6.07) is 25.8. The molecule has 1 saturated heterocycles. The second-order valence-electron chi connectivity index (χ2n) is 6.62. The van der Waals surface area contributed by atoms with Gasteiger partial charge < -0.3 is 15.2 Å². The zero-order chi connectivity index (χ0) is 17.3. The monoisotopic (exact) mass is 334 g/mol. The van der Waals surface area contributed by atoms with Gasteiger partial charge in [-0.25, -0.2) is 4.39 Å². The van der Waals surface area contributed by atoms with Crippen molar-refractivity contribution in [2.45, 2.75) is 5.54 Å². The first-order valence-corrected chi connectivity index (χ1v) is 8.33. The van der Waals surface area contributed by atoms with E-state index in [9.17, 15) is 9.60 Å². The minimum Gasteiger partial charge on any atom is -0.627 e. The molecule has 0 aromatic heterocycles. The number of nitrogens with one attached hydrogen (secondary N) is 1. The van der Waals surface area contributed by atoms with Crippen molar-refractivity contribution in [3.63, 3.8) is 0 Å². The summed E-state index contributed by atoms with van der Waals surface area (Å²) in [5.41, 5.74) is 2.23. The van der Waals surface area contributed by atoms with Crippen molar-refractivity contribution in [2.24, 2.45) is 0 Å². The summed E-state index contributed by atoms with van der Waals surface area (Å²) < 4.78 is 12.7. The molecule has 4 rings (SSSR count). The van der Waals surface area contributed by atoms with E-state index in [2.05, 4.69) is 5.32 Å². The number of nitrogens with zero attached hydrogens (tertiary/aromatic N) is 1. The molecule has 1 heterocycles. The van der Waals surface area contributed by atoms with Crippen LogP contribution in [-0.2, 0) is 5.54 Å². The average Bonchev–Trinajstić information content (AvgIpc) is 2.62. The number of hydroxylamine groups is 2. The van der Waals surface area contributed by atoms with Crippen molar-refractivity contribution in [3.8, 4) is 0 Å². The van der Waals surface area contributed by atoms with Crippen LogP contribution in [0.2, 0.25) is 0 Å². The molecule has 0 bridgehead atoms. The summed E-state index contributed by atoms with van der Waals surface area (Å²) in [4.78, 5) is 0. The molecule has 0 unspecified atom stereocenters. The van der Waals surface area contributed by atoms with Crippen molar-refractivity contribution in [3.05, 3.63) is 102 Å². The van der Waals surface area contributed by atoms with Gasteiger partial charge in [0.15, 0.2) is 5.54 Å². The van der Waals surface area contributed by atoms with Crippen LogP contribution in [0, 0.1) is 11.0 Å². The molecule has 1 fully saturated rings. The average molecular weight is 334 g/mol. The zero-order valence-electron chi connectivity index (χ0n) is 13.7. The Labute approximate surface area is 146 Å². The third-order valence-corrected chi connectivity index (χ3v) is 4.83. The summed E-state index contributed by atoms with van der Waals surface area (Å²) in [5, 5.41) is 16.8. The van der Waals surface area contributed by atoms with Gasteiger partial charge in [-0.3, -0.25) is 0 Å². The van der Waals surface area contributed by atoms with Crippen LogP contribution in [-0.4, -0.2) is 13.1 Å². The summed E-state index contributed by atoms with van der Waals surface area (Å²) >= 11 is 0. The van der Waals surface area contributed by atoms with E-state index < -0.39 is 10.2 Å². The second-order valence-corrected chi connectivity index (χ2v) is 6.62. The molecule has 0 amide bonds. The van der Waals surface area contributed by atoms with E-state index in [0.29, 0.717) is 18.8 Å². The molecule has 4 heteroatoms. The molecule has 0 spiro atoms. The van der Waals surface area contributed by atoms with E-state index in [1.807, 2.05) is 60.7 Å². The summed E-state index contributed by atoms with van der Waals surface area (Å²) in [5.74, 6) is -0.326. The lowest BCUT2D eigenvalue weighted by Gasteiger charge is -2.60. The van der Waals surface area contributed by atoms with Crippen LogP contribution in [0.15, 0.2) is 84.9 Å². The molecule has 0 atom stereocenters. The first kappa shape index (κ1) is 15.8. The molecular formula is C21H19FN2O. The Hall–Kier alpha value is -2.69. The van der Waals surface area contributed by atoms with Crippen molar-refractivity contribution in [2.75, 3.05) is 18.4 Å². The van der Waals surface area contributed by atoms with Gasteiger partial charge in [0.25, 0.3) is 0 Å². The fraction of sp³-hybridized carbons (Fsp3) is 0.143. The molecule has 1 N–H and O–H groups in total. The third-order valence-electron chi connectivity index (χ3n) is 4.83. The van der Waals surface area contributed by atoms with Gasteiger partial charge in [-0.05, 0) is 29.8 Å².